The number of hydrogen-bond acceptors (Lipinski definition) is 3. The summed E-state index contributed by atoms with van der Waals surface area (Å²) >= 11 is 3.22. The van der Waals surface area contributed by atoms with E-state index in [1.807, 2.05) is 0 Å². The van der Waals surface area contributed by atoms with E-state index in [0.717, 1.165) is 0 Å². The van der Waals surface area contributed by atoms with Crippen molar-refractivity contribution in [3.63, 3.8) is 0 Å². The van der Waals surface area contributed by atoms with Crippen LogP contribution in [0.4, 0.5) is 4.39 Å². The van der Waals surface area contributed by atoms with Gasteiger partial charge in [-0.3, -0.25) is 9.97 Å². The molecule has 16 heavy (non-hydrogen) atoms. The Morgan fingerprint density at radius 2 is 2.12 bits per heavy atom. The van der Waals surface area contributed by atoms with Crippen LogP contribution in [0.15, 0.2) is 41.3 Å². The van der Waals surface area contributed by atoms with Gasteiger partial charge in [-0.25, -0.2) is 4.39 Å². The summed E-state index contributed by atoms with van der Waals surface area (Å²) in [4.78, 5) is 7.76. The lowest BCUT2D eigenvalue weighted by Gasteiger charge is -2.11. The molecular formula is C11H8BrFN2O. The van der Waals surface area contributed by atoms with Crippen molar-refractivity contribution in [1.29, 1.82) is 0 Å². The van der Waals surface area contributed by atoms with Crippen LogP contribution in [0.25, 0.3) is 0 Å². The van der Waals surface area contributed by atoms with Gasteiger partial charge >= 0.3 is 0 Å². The number of nitrogens with zero attached hydrogens (tertiary/aromatic N) is 2. The molecule has 82 valence electrons. The van der Waals surface area contributed by atoms with Crippen molar-refractivity contribution in [3.05, 3.63) is 58.3 Å². The van der Waals surface area contributed by atoms with Crippen LogP contribution in [0.5, 0.6) is 0 Å². The summed E-state index contributed by atoms with van der Waals surface area (Å²) in [5.41, 5.74) is 0.495. The number of halogens is 2. The summed E-state index contributed by atoms with van der Waals surface area (Å²) in [6.45, 7) is 0. The van der Waals surface area contributed by atoms with Crippen LogP contribution in [0.2, 0.25) is 0 Å². The SMILES string of the molecule is O[C@H](c1cnccn1)c1cc(Br)ccc1F. The number of aliphatic hydroxyl groups excluding tert-OH is 1. The molecule has 1 N–H and O–H groups in total. The average molecular weight is 283 g/mol. The van der Waals surface area contributed by atoms with E-state index in [-0.39, 0.29) is 5.56 Å². The molecule has 0 fully saturated rings. The van der Waals surface area contributed by atoms with Gasteiger partial charge in [0.25, 0.3) is 0 Å². The molecule has 0 saturated heterocycles. The molecular weight excluding hydrogens is 275 g/mol. The Bertz CT molecular complexity index is 493. The highest BCUT2D eigenvalue weighted by Gasteiger charge is 2.16. The Kier molecular flexibility index (Phi) is 3.26. The fourth-order valence-electron chi connectivity index (χ4n) is 1.34. The third kappa shape index (κ3) is 2.25. The second kappa shape index (κ2) is 4.67. The zero-order chi connectivity index (χ0) is 11.5. The van der Waals surface area contributed by atoms with Gasteiger partial charge in [0.1, 0.15) is 11.9 Å². The monoisotopic (exact) mass is 282 g/mol. The van der Waals surface area contributed by atoms with Crippen molar-refractivity contribution in [3.8, 4) is 0 Å². The highest BCUT2D eigenvalue weighted by Crippen LogP contribution is 2.25. The summed E-state index contributed by atoms with van der Waals surface area (Å²) in [6, 6.07) is 4.38. The lowest BCUT2D eigenvalue weighted by Crippen LogP contribution is -2.05. The van der Waals surface area contributed by atoms with E-state index in [0.29, 0.717) is 10.2 Å². The van der Waals surface area contributed by atoms with Gasteiger partial charge in [0, 0.05) is 22.4 Å². The van der Waals surface area contributed by atoms with E-state index in [4.69, 9.17) is 0 Å². The van der Waals surface area contributed by atoms with E-state index >= 15 is 0 Å². The van der Waals surface area contributed by atoms with Gasteiger partial charge in [0.15, 0.2) is 0 Å². The maximum Gasteiger partial charge on any atom is 0.129 e. The summed E-state index contributed by atoms with van der Waals surface area (Å²) < 4.78 is 14.2. The van der Waals surface area contributed by atoms with Gasteiger partial charge in [0.05, 0.1) is 11.9 Å². The van der Waals surface area contributed by atoms with Gasteiger partial charge in [-0.05, 0) is 18.2 Å². The Labute approximate surface area is 100 Å². The first-order chi connectivity index (χ1) is 7.68. The highest BCUT2D eigenvalue weighted by atomic mass is 79.9. The average Bonchev–Trinajstić information content (AvgIpc) is 2.32. The van der Waals surface area contributed by atoms with Gasteiger partial charge in [-0.1, -0.05) is 15.9 Å². The van der Waals surface area contributed by atoms with Crippen molar-refractivity contribution in [2.75, 3.05) is 0 Å². The van der Waals surface area contributed by atoms with Crippen molar-refractivity contribution in [2.24, 2.45) is 0 Å². The minimum absolute atomic E-state index is 0.176. The number of rotatable bonds is 2. The Morgan fingerprint density at radius 3 is 2.81 bits per heavy atom. The second-order valence-corrected chi connectivity index (χ2v) is 4.11. The quantitative estimate of drug-likeness (QED) is 0.920. The van der Waals surface area contributed by atoms with Crippen molar-refractivity contribution in [1.82, 2.24) is 9.97 Å². The molecule has 0 aliphatic rings. The Morgan fingerprint density at radius 1 is 1.31 bits per heavy atom. The predicted octanol–water partition coefficient (Wildman–Crippen LogP) is 2.46. The molecule has 1 atom stereocenters. The minimum Gasteiger partial charge on any atom is -0.382 e. The molecule has 1 aromatic carbocycles. The first kappa shape index (κ1) is 11.2. The largest absolute Gasteiger partial charge is 0.382 e. The first-order valence-electron chi connectivity index (χ1n) is 4.57. The molecule has 0 amide bonds. The summed E-state index contributed by atoms with van der Waals surface area (Å²) in [5.74, 6) is -0.471. The summed E-state index contributed by atoms with van der Waals surface area (Å²) in [6.07, 6.45) is 3.25. The molecule has 0 radical (unpaired) electrons. The van der Waals surface area contributed by atoms with Gasteiger partial charge in [0.2, 0.25) is 0 Å². The number of hydrogen-bond donors (Lipinski definition) is 1. The summed E-state index contributed by atoms with van der Waals surface area (Å²) in [5, 5.41) is 9.93. The number of aliphatic hydroxyl groups is 1. The van der Waals surface area contributed by atoms with Gasteiger partial charge in [-0.15, -0.1) is 0 Å². The third-order valence-electron chi connectivity index (χ3n) is 2.12. The van der Waals surface area contributed by atoms with Crippen LogP contribution in [-0.4, -0.2) is 15.1 Å². The van der Waals surface area contributed by atoms with Crippen LogP contribution >= 0.6 is 15.9 Å². The minimum atomic E-state index is -1.11. The van der Waals surface area contributed by atoms with Crippen LogP contribution in [0.3, 0.4) is 0 Å². The fraction of sp³-hybridized carbons (Fsp3) is 0.0909. The van der Waals surface area contributed by atoms with Crippen LogP contribution in [0.1, 0.15) is 17.4 Å². The normalized spacial score (nSPS) is 12.4. The molecule has 1 aromatic heterocycles. The van der Waals surface area contributed by atoms with E-state index in [2.05, 4.69) is 25.9 Å². The Balaban J connectivity index is 2.41. The van der Waals surface area contributed by atoms with Gasteiger partial charge in [-0.2, -0.15) is 0 Å². The first-order valence-corrected chi connectivity index (χ1v) is 5.36. The van der Waals surface area contributed by atoms with Crippen molar-refractivity contribution >= 4 is 15.9 Å². The molecule has 2 aromatic rings. The lowest BCUT2D eigenvalue weighted by molar-refractivity contribution is 0.209. The smallest absolute Gasteiger partial charge is 0.129 e. The zero-order valence-corrected chi connectivity index (χ0v) is 9.73. The molecule has 0 bridgehead atoms. The van der Waals surface area contributed by atoms with Crippen LogP contribution in [0, 0.1) is 5.82 Å². The molecule has 3 nitrogen and oxygen atoms in total. The molecule has 0 saturated carbocycles. The molecule has 2 rings (SSSR count). The molecule has 5 heteroatoms. The predicted molar refractivity (Wildman–Crippen MR) is 60.2 cm³/mol. The zero-order valence-electron chi connectivity index (χ0n) is 8.14. The molecule has 0 spiro atoms. The third-order valence-corrected chi connectivity index (χ3v) is 2.61. The molecule has 0 aliphatic heterocycles. The maximum absolute atomic E-state index is 13.5. The maximum atomic E-state index is 13.5. The Hall–Kier alpha value is -1.33. The topological polar surface area (TPSA) is 46.0 Å². The van der Waals surface area contributed by atoms with E-state index < -0.39 is 11.9 Å². The van der Waals surface area contributed by atoms with Crippen molar-refractivity contribution in [2.45, 2.75) is 6.10 Å². The van der Waals surface area contributed by atoms with Gasteiger partial charge < -0.3 is 5.11 Å². The molecule has 1 heterocycles. The fourth-order valence-corrected chi connectivity index (χ4v) is 1.71. The van der Waals surface area contributed by atoms with Crippen molar-refractivity contribution < 1.29 is 9.50 Å². The standard InChI is InChI=1S/C11H8BrFN2O/c12-7-1-2-9(13)8(5-7)11(16)10-6-14-3-4-15-10/h1-6,11,16H/t11-/m0/s1. The van der Waals surface area contributed by atoms with Crippen LogP contribution in [-0.2, 0) is 0 Å². The number of aromatic nitrogens is 2. The van der Waals surface area contributed by atoms with Crippen LogP contribution < -0.4 is 0 Å². The van der Waals surface area contributed by atoms with E-state index in [1.165, 1.54) is 30.7 Å². The number of benzene rings is 1. The summed E-state index contributed by atoms with van der Waals surface area (Å²) in [7, 11) is 0. The second-order valence-electron chi connectivity index (χ2n) is 3.20. The lowest BCUT2D eigenvalue weighted by atomic mass is 10.1. The van der Waals surface area contributed by atoms with E-state index in [1.54, 1.807) is 6.07 Å². The molecule has 0 aliphatic carbocycles. The van der Waals surface area contributed by atoms with E-state index in [9.17, 15) is 9.50 Å². The highest BCUT2D eigenvalue weighted by molar-refractivity contribution is 9.10. The molecule has 0 unspecified atom stereocenters.